The predicted molar refractivity (Wildman–Crippen MR) is 117 cm³/mol. The molecule has 0 spiro atoms. The second kappa shape index (κ2) is 10.1. The molecule has 31 heavy (non-hydrogen) atoms. The van der Waals surface area contributed by atoms with Crippen LogP contribution in [0.5, 0.6) is 0 Å². The van der Waals surface area contributed by atoms with Crippen LogP contribution < -0.4 is 5.73 Å². The molecule has 2 N–H and O–H groups in total. The number of ether oxygens (including phenoxy) is 1. The second-order valence-electron chi connectivity index (χ2n) is 6.73. The molecule has 1 aromatic carbocycles. The van der Waals surface area contributed by atoms with Crippen molar-refractivity contribution in [3.05, 3.63) is 63.1 Å². The zero-order valence-corrected chi connectivity index (χ0v) is 18.6. The Balaban J connectivity index is 1.84. The molecule has 2 heterocycles. The fourth-order valence-electron chi connectivity index (χ4n) is 3.05. The normalized spacial score (nSPS) is 11.0. The highest BCUT2D eigenvalue weighted by Crippen LogP contribution is 2.29. The third-order valence-electron chi connectivity index (χ3n) is 4.68. The van der Waals surface area contributed by atoms with Gasteiger partial charge in [0.25, 0.3) is 5.91 Å². The lowest BCUT2D eigenvalue weighted by Crippen LogP contribution is -2.13. The van der Waals surface area contributed by atoms with Crippen LogP contribution in [0.25, 0.3) is 11.4 Å². The summed E-state index contributed by atoms with van der Waals surface area (Å²) in [6, 6.07) is 5.37. The Morgan fingerprint density at radius 3 is 2.71 bits per heavy atom. The molecule has 10 heteroatoms. The van der Waals surface area contributed by atoms with Gasteiger partial charge in [-0.3, -0.25) is 9.59 Å². The van der Waals surface area contributed by atoms with Crippen molar-refractivity contribution in [2.75, 3.05) is 18.6 Å². The molecule has 0 saturated heterocycles. The zero-order chi connectivity index (χ0) is 22.5. The summed E-state index contributed by atoms with van der Waals surface area (Å²) in [6.45, 7) is 1.98. The number of nitrogens with zero attached hydrogens (tertiary/aromatic N) is 2. The first-order valence-corrected chi connectivity index (χ1v) is 11.4. The van der Waals surface area contributed by atoms with E-state index in [9.17, 15) is 18.4 Å². The van der Waals surface area contributed by atoms with Gasteiger partial charge in [-0.05, 0) is 30.7 Å². The quantitative estimate of drug-likeness (QED) is 0.384. The molecular weight excluding hydrogens is 444 g/mol. The highest BCUT2D eigenvalue weighted by molar-refractivity contribution is 7.99. The summed E-state index contributed by atoms with van der Waals surface area (Å²) in [5.74, 6) is -1.69. The number of amides is 1. The molecule has 0 unspecified atom stereocenters. The molecule has 0 aliphatic heterocycles. The van der Waals surface area contributed by atoms with E-state index in [0.717, 1.165) is 17.1 Å². The van der Waals surface area contributed by atoms with E-state index in [0.29, 0.717) is 40.4 Å². The van der Waals surface area contributed by atoms with Crippen LogP contribution in [-0.2, 0) is 22.5 Å². The van der Waals surface area contributed by atoms with Gasteiger partial charge in [0.05, 0.1) is 34.8 Å². The smallest absolute Gasteiger partial charge is 0.315 e. The summed E-state index contributed by atoms with van der Waals surface area (Å²) < 4.78 is 33.4. The number of thioether (sulfide) groups is 1. The minimum Gasteiger partial charge on any atom is -0.468 e. The fraction of sp³-hybridized carbons (Fsp3) is 0.286. The first-order valence-electron chi connectivity index (χ1n) is 9.33. The number of benzene rings is 1. The summed E-state index contributed by atoms with van der Waals surface area (Å²) in [4.78, 5) is 27.7. The lowest BCUT2D eigenvalue weighted by Gasteiger charge is -2.11. The fourth-order valence-corrected chi connectivity index (χ4v) is 4.74. The van der Waals surface area contributed by atoms with E-state index in [2.05, 4.69) is 9.72 Å². The second-order valence-corrected chi connectivity index (χ2v) is 8.78. The standard InChI is InChI=1S/C21H21F2N3O3S2/c1-12-14(21(24)28)8-18(26(12)9-13-3-4-15(22)16(23)7-13)17-10-31-19(25-17)5-6-30-11-20(27)29-2/h3-4,7-8,10H,5-6,9,11H2,1-2H3,(H2,24,28). The Bertz CT molecular complexity index is 1110. The first kappa shape index (κ1) is 23.0. The molecule has 1 amide bonds. The number of methoxy groups -OCH3 is 1. The van der Waals surface area contributed by atoms with Gasteiger partial charge in [0.15, 0.2) is 11.6 Å². The molecule has 0 bridgehead atoms. The van der Waals surface area contributed by atoms with Crippen LogP contribution in [0.1, 0.15) is 26.6 Å². The Labute approximate surface area is 186 Å². The maximum absolute atomic E-state index is 13.7. The number of hydrogen-bond donors (Lipinski definition) is 1. The van der Waals surface area contributed by atoms with Crippen molar-refractivity contribution in [3.8, 4) is 11.4 Å². The van der Waals surface area contributed by atoms with Gasteiger partial charge in [0.1, 0.15) is 0 Å². The molecule has 164 valence electrons. The molecule has 3 aromatic rings. The lowest BCUT2D eigenvalue weighted by atomic mass is 10.2. The Hall–Kier alpha value is -2.72. The lowest BCUT2D eigenvalue weighted by molar-refractivity contribution is -0.137. The number of aromatic nitrogens is 2. The SMILES string of the molecule is COC(=O)CSCCc1nc(-c2cc(C(N)=O)c(C)n2Cc2ccc(F)c(F)c2)cs1. The van der Waals surface area contributed by atoms with Crippen molar-refractivity contribution < 1.29 is 23.1 Å². The molecule has 2 aromatic heterocycles. The number of hydrogen-bond acceptors (Lipinski definition) is 6. The number of thiazole rings is 1. The number of primary amides is 1. The van der Waals surface area contributed by atoms with Gasteiger partial charge in [0.2, 0.25) is 0 Å². The van der Waals surface area contributed by atoms with Gasteiger partial charge in [-0.1, -0.05) is 6.07 Å². The van der Waals surface area contributed by atoms with Gasteiger partial charge < -0.3 is 15.0 Å². The molecule has 0 fully saturated rings. The van der Waals surface area contributed by atoms with Gasteiger partial charge in [-0.25, -0.2) is 13.8 Å². The van der Waals surface area contributed by atoms with Crippen LogP contribution in [-0.4, -0.2) is 40.0 Å². The average molecular weight is 466 g/mol. The van der Waals surface area contributed by atoms with Crippen molar-refractivity contribution in [1.29, 1.82) is 0 Å². The van der Waals surface area contributed by atoms with E-state index in [1.165, 1.54) is 36.3 Å². The minimum absolute atomic E-state index is 0.230. The minimum atomic E-state index is -0.931. The van der Waals surface area contributed by atoms with Crippen molar-refractivity contribution >= 4 is 35.0 Å². The Morgan fingerprint density at radius 2 is 2.03 bits per heavy atom. The van der Waals surface area contributed by atoms with Gasteiger partial charge in [-0.2, -0.15) is 0 Å². The summed E-state index contributed by atoms with van der Waals surface area (Å²) >= 11 is 2.94. The summed E-state index contributed by atoms with van der Waals surface area (Å²) in [7, 11) is 1.35. The third kappa shape index (κ3) is 5.50. The number of nitrogens with two attached hydrogens (primary N) is 1. The topological polar surface area (TPSA) is 87.2 Å². The maximum atomic E-state index is 13.7. The zero-order valence-electron chi connectivity index (χ0n) is 17.0. The van der Waals surface area contributed by atoms with Crippen LogP contribution in [0, 0.1) is 18.6 Å². The van der Waals surface area contributed by atoms with Gasteiger partial charge >= 0.3 is 5.97 Å². The van der Waals surface area contributed by atoms with Crippen LogP contribution >= 0.6 is 23.1 Å². The predicted octanol–water partition coefficient (Wildman–Crippen LogP) is 3.79. The molecule has 6 nitrogen and oxygen atoms in total. The number of carbonyl (C=O) groups excluding carboxylic acids is 2. The van der Waals surface area contributed by atoms with Crippen LogP contribution in [0.2, 0.25) is 0 Å². The number of esters is 1. The molecule has 0 aliphatic rings. The highest BCUT2D eigenvalue weighted by Gasteiger charge is 2.19. The van der Waals surface area contributed by atoms with E-state index in [4.69, 9.17) is 5.73 Å². The van der Waals surface area contributed by atoms with Crippen LogP contribution in [0.4, 0.5) is 8.78 Å². The van der Waals surface area contributed by atoms with Crippen molar-refractivity contribution in [3.63, 3.8) is 0 Å². The van der Waals surface area contributed by atoms with Crippen LogP contribution in [0.15, 0.2) is 29.6 Å². The number of rotatable bonds is 9. The van der Waals surface area contributed by atoms with E-state index < -0.39 is 17.5 Å². The highest BCUT2D eigenvalue weighted by atomic mass is 32.2. The van der Waals surface area contributed by atoms with E-state index in [-0.39, 0.29) is 18.3 Å². The molecule has 0 aliphatic carbocycles. The summed E-state index contributed by atoms with van der Waals surface area (Å²) in [5.41, 5.74) is 8.36. The molecule has 0 saturated carbocycles. The summed E-state index contributed by atoms with van der Waals surface area (Å²) in [5, 5.41) is 2.76. The molecule has 0 radical (unpaired) electrons. The molecular formula is C21H21F2N3O3S2. The molecule has 3 rings (SSSR count). The first-order chi connectivity index (χ1) is 14.8. The van der Waals surface area contributed by atoms with Crippen molar-refractivity contribution in [2.24, 2.45) is 5.73 Å². The van der Waals surface area contributed by atoms with Crippen molar-refractivity contribution in [1.82, 2.24) is 9.55 Å². The van der Waals surface area contributed by atoms with Gasteiger partial charge in [-0.15, -0.1) is 23.1 Å². The number of carbonyl (C=O) groups is 2. The average Bonchev–Trinajstić information content (AvgIpc) is 3.33. The van der Waals surface area contributed by atoms with E-state index in [1.54, 1.807) is 13.0 Å². The van der Waals surface area contributed by atoms with Crippen molar-refractivity contribution in [2.45, 2.75) is 19.9 Å². The van der Waals surface area contributed by atoms with Gasteiger partial charge in [0, 0.05) is 29.8 Å². The third-order valence-corrected chi connectivity index (χ3v) is 6.52. The Kier molecular flexibility index (Phi) is 7.45. The maximum Gasteiger partial charge on any atom is 0.315 e. The van der Waals surface area contributed by atoms with E-state index >= 15 is 0 Å². The monoisotopic (exact) mass is 465 g/mol. The number of halogens is 2. The molecule has 0 atom stereocenters. The van der Waals surface area contributed by atoms with Crippen LogP contribution in [0.3, 0.4) is 0 Å². The summed E-state index contributed by atoms with van der Waals surface area (Å²) in [6.07, 6.45) is 0.678. The number of aryl methyl sites for hydroxylation is 1. The van der Waals surface area contributed by atoms with E-state index in [1.807, 2.05) is 9.95 Å². The Morgan fingerprint density at radius 1 is 1.26 bits per heavy atom. The largest absolute Gasteiger partial charge is 0.468 e.